The van der Waals surface area contributed by atoms with Crippen molar-refractivity contribution in [3.05, 3.63) is 23.6 Å². The van der Waals surface area contributed by atoms with Crippen LogP contribution in [0.15, 0.2) is 10.7 Å². The van der Waals surface area contributed by atoms with Gasteiger partial charge in [-0.1, -0.05) is 5.16 Å². The SMILES string of the molecule is Cc1noc(CC2(O)CCCN(Cc3cnc(N(C)C)n3C)C2)n1. The number of aromatic nitrogens is 4. The van der Waals surface area contributed by atoms with E-state index in [0.717, 1.165) is 37.6 Å². The van der Waals surface area contributed by atoms with Crippen LogP contribution in [0, 0.1) is 6.92 Å². The molecule has 1 aliphatic heterocycles. The van der Waals surface area contributed by atoms with E-state index in [1.165, 1.54) is 0 Å². The van der Waals surface area contributed by atoms with Gasteiger partial charge in [-0.3, -0.25) is 4.90 Å². The van der Waals surface area contributed by atoms with E-state index in [4.69, 9.17) is 4.52 Å². The molecule has 1 fully saturated rings. The Labute approximate surface area is 142 Å². The average molecular weight is 334 g/mol. The van der Waals surface area contributed by atoms with Crippen molar-refractivity contribution in [1.29, 1.82) is 0 Å². The second kappa shape index (κ2) is 6.52. The maximum absolute atomic E-state index is 10.9. The molecule has 0 aliphatic carbocycles. The molecule has 1 saturated heterocycles. The number of anilines is 1. The Balaban J connectivity index is 1.67. The van der Waals surface area contributed by atoms with Gasteiger partial charge in [0.1, 0.15) is 0 Å². The third-order valence-corrected chi connectivity index (χ3v) is 4.53. The standard InChI is InChI=1S/C16H26N6O2/c1-12-18-14(24-19-12)8-16(23)6-5-7-22(11-16)10-13-9-17-15(20(2)3)21(13)4/h9,23H,5-8,10-11H2,1-4H3. The van der Waals surface area contributed by atoms with E-state index < -0.39 is 5.60 Å². The number of imidazole rings is 1. The minimum absolute atomic E-state index is 0.401. The molecule has 24 heavy (non-hydrogen) atoms. The third-order valence-electron chi connectivity index (χ3n) is 4.53. The monoisotopic (exact) mass is 334 g/mol. The smallest absolute Gasteiger partial charge is 0.229 e. The van der Waals surface area contributed by atoms with E-state index >= 15 is 0 Å². The molecule has 1 aliphatic rings. The highest BCUT2D eigenvalue weighted by Gasteiger charge is 2.35. The van der Waals surface area contributed by atoms with E-state index in [2.05, 4.69) is 24.6 Å². The van der Waals surface area contributed by atoms with Gasteiger partial charge in [0.25, 0.3) is 0 Å². The van der Waals surface area contributed by atoms with E-state index in [0.29, 0.717) is 24.7 Å². The maximum Gasteiger partial charge on any atom is 0.229 e. The van der Waals surface area contributed by atoms with Crippen molar-refractivity contribution in [3.63, 3.8) is 0 Å². The number of hydrogen-bond acceptors (Lipinski definition) is 7. The van der Waals surface area contributed by atoms with E-state index in [-0.39, 0.29) is 0 Å². The van der Waals surface area contributed by atoms with Crippen molar-refractivity contribution in [2.75, 3.05) is 32.1 Å². The van der Waals surface area contributed by atoms with E-state index in [9.17, 15) is 5.11 Å². The van der Waals surface area contributed by atoms with Gasteiger partial charge in [-0.25, -0.2) is 4.98 Å². The summed E-state index contributed by atoms with van der Waals surface area (Å²) in [7, 11) is 5.99. The molecule has 8 nitrogen and oxygen atoms in total. The molecule has 0 bridgehead atoms. The van der Waals surface area contributed by atoms with Crippen molar-refractivity contribution in [1.82, 2.24) is 24.6 Å². The Morgan fingerprint density at radius 3 is 2.83 bits per heavy atom. The number of rotatable bonds is 5. The number of hydrogen-bond donors (Lipinski definition) is 1. The topological polar surface area (TPSA) is 83.5 Å². The van der Waals surface area contributed by atoms with Crippen LogP contribution in [0.4, 0.5) is 5.95 Å². The zero-order valence-corrected chi connectivity index (χ0v) is 14.9. The first-order valence-corrected chi connectivity index (χ1v) is 8.28. The molecule has 2 aromatic heterocycles. The fraction of sp³-hybridized carbons (Fsp3) is 0.688. The lowest BCUT2D eigenvalue weighted by atomic mass is 9.89. The zero-order chi connectivity index (χ0) is 17.3. The molecular formula is C16H26N6O2. The van der Waals surface area contributed by atoms with Crippen LogP contribution < -0.4 is 4.90 Å². The molecule has 8 heteroatoms. The summed E-state index contributed by atoms with van der Waals surface area (Å²) in [5.74, 6) is 2.04. The van der Waals surface area contributed by atoms with Crippen molar-refractivity contribution in [2.45, 2.75) is 38.3 Å². The summed E-state index contributed by atoms with van der Waals surface area (Å²) in [5.41, 5.74) is 0.316. The molecule has 2 aromatic rings. The number of β-amino-alcohol motifs (C(OH)–C–C–N with tert-alkyl or cyclic N) is 1. The zero-order valence-electron chi connectivity index (χ0n) is 14.9. The van der Waals surface area contributed by atoms with Gasteiger partial charge < -0.3 is 19.1 Å². The normalized spacial score (nSPS) is 22.0. The second-order valence-electron chi connectivity index (χ2n) is 6.95. The van der Waals surface area contributed by atoms with Crippen molar-refractivity contribution in [2.24, 2.45) is 7.05 Å². The Bertz CT molecular complexity index is 695. The lowest BCUT2D eigenvalue weighted by molar-refractivity contribution is -0.0378. The number of nitrogens with zero attached hydrogens (tertiary/aromatic N) is 6. The molecule has 0 radical (unpaired) electrons. The summed E-state index contributed by atoms with van der Waals surface area (Å²) in [6.45, 7) is 4.11. The predicted octanol–water partition coefficient (Wildman–Crippen LogP) is 0.747. The van der Waals surface area contributed by atoms with Crippen LogP contribution in [0.25, 0.3) is 0 Å². The van der Waals surface area contributed by atoms with Crippen LogP contribution in [-0.2, 0) is 20.0 Å². The van der Waals surface area contributed by atoms with Gasteiger partial charge in [-0.2, -0.15) is 4.98 Å². The Kier molecular flexibility index (Phi) is 4.60. The maximum atomic E-state index is 10.9. The highest BCUT2D eigenvalue weighted by molar-refractivity contribution is 5.31. The van der Waals surface area contributed by atoms with Crippen molar-refractivity contribution < 1.29 is 9.63 Å². The first kappa shape index (κ1) is 16.9. The van der Waals surface area contributed by atoms with Gasteiger partial charge in [-0.05, 0) is 26.3 Å². The highest BCUT2D eigenvalue weighted by Crippen LogP contribution is 2.26. The molecule has 1 N–H and O–H groups in total. The lowest BCUT2D eigenvalue weighted by Gasteiger charge is -2.38. The average Bonchev–Trinajstić information content (AvgIpc) is 3.05. The largest absolute Gasteiger partial charge is 0.388 e. The van der Waals surface area contributed by atoms with Crippen LogP contribution in [0.1, 0.15) is 30.3 Å². The van der Waals surface area contributed by atoms with E-state index in [1.54, 1.807) is 6.92 Å². The van der Waals surface area contributed by atoms with Crippen LogP contribution in [0.2, 0.25) is 0 Å². The molecule has 0 saturated carbocycles. The Morgan fingerprint density at radius 1 is 1.42 bits per heavy atom. The number of likely N-dealkylation sites (tertiary alicyclic amines) is 1. The molecule has 1 atom stereocenters. The molecule has 3 heterocycles. The lowest BCUT2D eigenvalue weighted by Crippen LogP contribution is -2.49. The minimum atomic E-state index is -0.819. The molecule has 1 unspecified atom stereocenters. The van der Waals surface area contributed by atoms with Crippen LogP contribution >= 0.6 is 0 Å². The first-order chi connectivity index (χ1) is 11.4. The van der Waals surface area contributed by atoms with Crippen LogP contribution in [0.5, 0.6) is 0 Å². The molecule has 0 amide bonds. The predicted molar refractivity (Wildman–Crippen MR) is 89.7 cm³/mol. The van der Waals surface area contributed by atoms with Crippen LogP contribution in [0.3, 0.4) is 0 Å². The summed E-state index contributed by atoms with van der Waals surface area (Å²) in [4.78, 5) is 12.9. The van der Waals surface area contributed by atoms with Gasteiger partial charge in [0, 0.05) is 34.2 Å². The van der Waals surface area contributed by atoms with Gasteiger partial charge >= 0.3 is 0 Å². The summed E-state index contributed by atoms with van der Waals surface area (Å²) < 4.78 is 7.27. The van der Waals surface area contributed by atoms with Gasteiger partial charge in [0.2, 0.25) is 11.8 Å². The quantitative estimate of drug-likeness (QED) is 0.863. The van der Waals surface area contributed by atoms with Gasteiger partial charge in [-0.15, -0.1) is 0 Å². The van der Waals surface area contributed by atoms with Crippen molar-refractivity contribution >= 4 is 5.95 Å². The minimum Gasteiger partial charge on any atom is -0.388 e. The van der Waals surface area contributed by atoms with Gasteiger partial charge in [0.05, 0.1) is 23.9 Å². The molecule has 0 aromatic carbocycles. The number of piperidine rings is 1. The number of aliphatic hydroxyl groups is 1. The van der Waals surface area contributed by atoms with Crippen molar-refractivity contribution in [3.8, 4) is 0 Å². The van der Waals surface area contributed by atoms with Gasteiger partial charge in [0.15, 0.2) is 5.82 Å². The summed E-state index contributed by atoms with van der Waals surface area (Å²) in [6.07, 6.45) is 4.00. The van der Waals surface area contributed by atoms with Crippen LogP contribution in [-0.4, -0.2) is 62.5 Å². The molecule has 0 spiro atoms. The third kappa shape index (κ3) is 3.59. The second-order valence-corrected chi connectivity index (χ2v) is 6.95. The van der Waals surface area contributed by atoms with E-state index in [1.807, 2.05) is 32.2 Å². The highest BCUT2D eigenvalue weighted by atomic mass is 16.5. The fourth-order valence-electron chi connectivity index (χ4n) is 3.40. The fourth-order valence-corrected chi connectivity index (χ4v) is 3.40. The summed E-state index contributed by atoms with van der Waals surface area (Å²) >= 11 is 0. The molecular weight excluding hydrogens is 308 g/mol. The molecule has 3 rings (SSSR count). The summed E-state index contributed by atoms with van der Waals surface area (Å²) in [5, 5.41) is 14.7. The first-order valence-electron chi connectivity index (χ1n) is 8.28. The summed E-state index contributed by atoms with van der Waals surface area (Å²) in [6, 6.07) is 0. The molecule has 132 valence electrons. The Hall–Kier alpha value is -1.93. The Morgan fingerprint density at radius 2 is 2.21 bits per heavy atom. The number of aryl methyl sites for hydroxylation is 1.